The minimum Gasteiger partial charge on any atom is -0.271 e. The molecule has 0 bridgehead atoms. The Labute approximate surface area is 93.9 Å². The maximum atomic E-state index is 13.5. The van der Waals surface area contributed by atoms with E-state index in [-0.39, 0.29) is 11.9 Å². The first-order chi connectivity index (χ1) is 7.04. The average Bonchev–Trinajstić information content (AvgIpc) is 2.14. The zero-order valence-corrected chi connectivity index (χ0v) is 9.48. The fourth-order valence-electron chi connectivity index (χ4n) is 1.31. The molecule has 0 aliphatic heterocycles. The van der Waals surface area contributed by atoms with Gasteiger partial charge in [-0.1, -0.05) is 29.3 Å². The monoisotopic (exact) mass is 228 g/mol. The maximum Gasteiger partial charge on any atom is 0.129 e. The summed E-state index contributed by atoms with van der Waals surface area (Å²) < 4.78 is 13.5. The van der Waals surface area contributed by atoms with E-state index in [0.29, 0.717) is 10.6 Å². The third-order valence-electron chi connectivity index (χ3n) is 1.98. The fourth-order valence-corrected chi connectivity index (χ4v) is 1.47. The number of nitrogens with one attached hydrogen (secondary N) is 1. The molecule has 15 heavy (non-hydrogen) atoms. The van der Waals surface area contributed by atoms with Gasteiger partial charge in [0.2, 0.25) is 0 Å². The predicted octanol–water partition coefficient (Wildman–Crippen LogP) is 2.95. The van der Waals surface area contributed by atoms with Gasteiger partial charge < -0.3 is 0 Å². The molecular formula is C11H14ClFN2. The fraction of sp³-hybridized carbons (Fsp3) is 0.273. The minimum atomic E-state index is -0.358. The van der Waals surface area contributed by atoms with Gasteiger partial charge in [0.05, 0.1) is 6.04 Å². The molecule has 1 atom stereocenters. The van der Waals surface area contributed by atoms with Crippen molar-refractivity contribution in [2.45, 2.75) is 19.9 Å². The number of rotatable bonds is 3. The lowest BCUT2D eigenvalue weighted by atomic mass is 10.0. The molecule has 0 aromatic heterocycles. The molecule has 0 radical (unpaired) electrons. The Balaban J connectivity index is 3.07. The normalized spacial score (nSPS) is 12.3. The summed E-state index contributed by atoms with van der Waals surface area (Å²) in [6.45, 7) is 3.86. The average molecular weight is 229 g/mol. The number of hydrogen-bond acceptors (Lipinski definition) is 2. The van der Waals surface area contributed by atoms with E-state index < -0.39 is 0 Å². The van der Waals surface area contributed by atoms with Gasteiger partial charge in [0.1, 0.15) is 5.82 Å². The van der Waals surface area contributed by atoms with Gasteiger partial charge in [0.25, 0.3) is 0 Å². The summed E-state index contributed by atoms with van der Waals surface area (Å²) in [4.78, 5) is 0. The molecule has 1 unspecified atom stereocenters. The van der Waals surface area contributed by atoms with Crippen LogP contribution in [0.1, 0.15) is 25.5 Å². The molecule has 0 aliphatic carbocycles. The third-order valence-corrected chi connectivity index (χ3v) is 2.21. The van der Waals surface area contributed by atoms with Crippen LogP contribution in [0.25, 0.3) is 0 Å². The van der Waals surface area contributed by atoms with Crippen LogP contribution in [0.2, 0.25) is 5.02 Å². The molecule has 0 spiro atoms. The molecule has 0 aliphatic rings. The van der Waals surface area contributed by atoms with Gasteiger partial charge in [-0.3, -0.25) is 5.84 Å². The van der Waals surface area contributed by atoms with Gasteiger partial charge in [-0.2, -0.15) is 0 Å². The molecule has 3 N–H and O–H groups in total. The van der Waals surface area contributed by atoms with Gasteiger partial charge in [-0.05, 0) is 26.0 Å². The van der Waals surface area contributed by atoms with E-state index in [1.165, 1.54) is 6.07 Å². The molecule has 1 aromatic carbocycles. The van der Waals surface area contributed by atoms with Gasteiger partial charge in [-0.15, -0.1) is 0 Å². The van der Waals surface area contributed by atoms with Gasteiger partial charge in [-0.25, -0.2) is 9.82 Å². The number of benzene rings is 1. The summed E-state index contributed by atoms with van der Waals surface area (Å²) in [5.41, 5.74) is 4.10. The Kier molecular flexibility index (Phi) is 4.27. The van der Waals surface area contributed by atoms with Crippen LogP contribution in [-0.2, 0) is 0 Å². The van der Waals surface area contributed by atoms with Crippen molar-refractivity contribution in [2.75, 3.05) is 0 Å². The lowest BCUT2D eigenvalue weighted by Gasteiger charge is -2.13. The first-order valence-electron chi connectivity index (χ1n) is 4.60. The summed E-state index contributed by atoms with van der Waals surface area (Å²) >= 11 is 5.66. The van der Waals surface area contributed by atoms with E-state index >= 15 is 0 Å². The Bertz CT molecular complexity index is 373. The summed E-state index contributed by atoms with van der Waals surface area (Å²) in [5, 5.41) is 0.379. The first-order valence-corrected chi connectivity index (χ1v) is 4.98. The predicted molar refractivity (Wildman–Crippen MR) is 60.9 cm³/mol. The number of hydrogen-bond donors (Lipinski definition) is 2. The summed E-state index contributed by atoms with van der Waals surface area (Å²) in [7, 11) is 0. The maximum absolute atomic E-state index is 13.5. The number of halogens is 2. The van der Waals surface area contributed by atoms with E-state index in [1.54, 1.807) is 12.1 Å². The SMILES string of the molecule is CC(C)=CC(NN)c1ccc(Cl)cc1F. The van der Waals surface area contributed by atoms with Crippen LogP contribution in [0.15, 0.2) is 29.8 Å². The zero-order chi connectivity index (χ0) is 11.4. The molecule has 0 fully saturated rings. The quantitative estimate of drug-likeness (QED) is 0.474. The minimum absolute atomic E-state index is 0.327. The molecule has 0 saturated carbocycles. The smallest absolute Gasteiger partial charge is 0.129 e. The van der Waals surface area contributed by atoms with Crippen LogP contribution >= 0.6 is 11.6 Å². The number of nitrogens with two attached hydrogens (primary N) is 1. The first kappa shape index (κ1) is 12.2. The van der Waals surface area contributed by atoms with Crippen LogP contribution in [-0.4, -0.2) is 0 Å². The van der Waals surface area contributed by atoms with E-state index in [0.717, 1.165) is 5.57 Å². The number of allylic oxidation sites excluding steroid dienone is 1. The second kappa shape index (κ2) is 5.26. The molecular weight excluding hydrogens is 215 g/mol. The lowest BCUT2D eigenvalue weighted by molar-refractivity contribution is 0.567. The molecule has 2 nitrogen and oxygen atoms in total. The Morgan fingerprint density at radius 1 is 1.53 bits per heavy atom. The van der Waals surface area contributed by atoms with Crippen molar-refractivity contribution >= 4 is 11.6 Å². The van der Waals surface area contributed by atoms with E-state index in [4.69, 9.17) is 17.4 Å². The van der Waals surface area contributed by atoms with Crippen LogP contribution in [0.4, 0.5) is 4.39 Å². The molecule has 0 heterocycles. The Morgan fingerprint density at radius 2 is 2.20 bits per heavy atom. The zero-order valence-electron chi connectivity index (χ0n) is 8.72. The highest BCUT2D eigenvalue weighted by atomic mass is 35.5. The topological polar surface area (TPSA) is 38.0 Å². The largest absolute Gasteiger partial charge is 0.271 e. The van der Waals surface area contributed by atoms with E-state index in [9.17, 15) is 4.39 Å². The standard InChI is InChI=1S/C11H14ClFN2/c1-7(2)5-11(15-14)9-4-3-8(12)6-10(9)13/h3-6,11,15H,14H2,1-2H3. The molecule has 0 saturated heterocycles. The molecule has 1 rings (SSSR count). The molecule has 82 valence electrons. The van der Waals surface area contributed by atoms with Crippen LogP contribution < -0.4 is 11.3 Å². The van der Waals surface area contributed by atoms with Crippen molar-refractivity contribution in [3.8, 4) is 0 Å². The third kappa shape index (κ3) is 3.30. The second-order valence-electron chi connectivity index (χ2n) is 3.55. The van der Waals surface area contributed by atoms with Crippen molar-refractivity contribution in [1.82, 2.24) is 5.43 Å². The Morgan fingerprint density at radius 3 is 2.67 bits per heavy atom. The number of hydrazine groups is 1. The van der Waals surface area contributed by atoms with Crippen molar-refractivity contribution < 1.29 is 4.39 Å². The van der Waals surface area contributed by atoms with Crippen molar-refractivity contribution in [3.05, 3.63) is 46.3 Å². The second-order valence-corrected chi connectivity index (χ2v) is 3.99. The molecule has 0 amide bonds. The lowest BCUT2D eigenvalue weighted by Crippen LogP contribution is -2.27. The van der Waals surface area contributed by atoms with Crippen molar-refractivity contribution in [3.63, 3.8) is 0 Å². The van der Waals surface area contributed by atoms with E-state index in [1.807, 2.05) is 19.9 Å². The van der Waals surface area contributed by atoms with Crippen molar-refractivity contribution in [2.24, 2.45) is 5.84 Å². The Hall–Kier alpha value is -0.900. The van der Waals surface area contributed by atoms with Crippen LogP contribution in [0.5, 0.6) is 0 Å². The molecule has 4 heteroatoms. The highest BCUT2D eigenvalue weighted by Crippen LogP contribution is 2.22. The van der Waals surface area contributed by atoms with Crippen molar-refractivity contribution in [1.29, 1.82) is 0 Å². The highest BCUT2D eigenvalue weighted by molar-refractivity contribution is 6.30. The highest BCUT2D eigenvalue weighted by Gasteiger charge is 2.11. The van der Waals surface area contributed by atoms with E-state index in [2.05, 4.69) is 5.43 Å². The summed E-state index contributed by atoms with van der Waals surface area (Å²) in [6, 6.07) is 4.22. The summed E-state index contributed by atoms with van der Waals surface area (Å²) in [6.07, 6.45) is 1.85. The van der Waals surface area contributed by atoms with Crippen LogP contribution in [0, 0.1) is 5.82 Å². The van der Waals surface area contributed by atoms with Gasteiger partial charge in [0, 0.05) is 10.6 Å². The van der Waals surface area contributed by atoms with Crippen LogP contribution in [0.3, 0.4) is 0 Å². The van der Waals surface area contributed by atoms with Gasteiger partial charge in [0.15, 0.2) is 0 Å². The van der Waals surface area contributed by atoms with Gasteiger partial charge >= 0.3 is 0 Å². The summed E-state index contributed by atoms with van der Waals surface area (Å²) in [5.74, 6) is 5.01. The molecule has 1 aromatic rings.